The van der Waals surface area contributed by atoms with Crippen LogP contribution in [0.4, 0.5) is 0 Å². The van der Waals surface area contributed by atoms with E-state index in [2.05, 4.69) is 43.6 Å². The zero-order valence-corrected chi connectivity index (χ0v) is 13.4. The molecule has 1 atom stereocenters. The smallest absolute Gasteiger partial charge is 0.0362 e. The number of allylic oxidation sites excluding steroid dienone is 1. The second-order valence-corrected chi connectivity index (χ2v) is 5.86. The van der Waals surface area contributed by atoms with Gasteiger partial charge in [0.1, 0.15) is 0 Å². The van der Waals surface area contributed by atoms with E-state index in [1.807, 2.05) is 0 Å². The van der Waals surface area contributed by atoms with Crippen LogP contribution in [0.15, 0.2) is 12.7 Å². The number of likely N-dealkylation sites (N-methyl/N-ethyl adjacent to an activating group) is 1. The molecule has 0 aromatic heterocycles. The molecule has 19 heavy (non-hydrogen) atoms. The first-order valence-electron chi connectivity index (χ1n) is 8.34. The molecule has 1 aliphatic carbocycles. The maximum atomic E-state index is 3.91. The van der Waals surface area contributed by atoms with Crippen LogP contribution in [0.1, 0.15) is 65.7 Å². The summed E-state index contributed by atoms with van der Waals surface area (Å²) in [7, 11) is 0. The van der Waals surface area contributed by atoms with E-state index in [1.54, 1.807) is 0 Å². The molecular weight excluding hydrogens is 232 g/mol. The first-order chi connectivity index (χ1) is 9.25. The Kier molecular flexibility index (Phi) is 7.70. The first kappa shape index (κ1) is 16.7. The normalized spacial score (nSPS) is 19.8. The van der Waals surface area contributed by atoms with Crippen LogP contribution in [0.2, 0.25) is 0 Å². The van der Waals surface area contributed by atoms with Crippen molar-refractivity contribution >= 4 is 0 Å². The molecule has 0 heterocycles. The summed E-state index contributed by atoms with van der Waals surface area (Å²) in [5, 5.41) is 3.85. The Labute approximate surface area is 120 Å². The van der Waals surface area contributed by atoms with Gasteiger partial charge >= 0.3 is 0 Å². The maximum Gasteiger partial charge on any atom is 0.0362 e. The number of nitrogens with zero attached hydrogens (tertiary/aromatic N) is 1. The highest BCUT2D eigenvalue weighted by Gasteiger charge is 2.43. The highest BCUT2D eigenvalue weighted by atomic mass is 15.2. The van der Waals surface area contributed by atoms with Gasteiger partial charge in [-0.15, -0.1) is 6.58 Å². The van der Waals surface area contributed by atoms with E-state index in [0.717, 1.165) is 13.0 Å². The van der Waals surface area contributed by atoms with E-state index in [1.165, 1.54) is 51.6 Å². The van der Waals surface area contributed by atoms with E-state index in [4.69, 9.17) is 0 Å². The van der Waals surface area contributed by atoms with Gasteiger partial charge in [-0.05, 0) is 51.7 Å². The van der Waals surface area contributed by atoms with Gasteiger partial charge in [-0.3, -0.25) is 4.90 Å². The van der Waals surface area contributed by atoms with Crippen molar-refractivity contribution in [1.82, 2.24) is 10.2 Å². The zero-order chi connectivity index (χ0) is 14.1. The van der Waals surface area contributed by atoms with Gasteiger partial charge in [0.2, 0.25) is 0 Å². The van der Waals surface area contributed by atoms with Crippen molar-refractivity contribution in [3.63, 3.8) is 0 Å². The molecule has 1 rings (SSSR count). The van der Waals surface area contributed by atoms with Crippen LogP contribution in [0.5, 0.6) is 0 Å². The van der Waals surface area contributed by atoms with Gasteiger partial charge < -0.3 is 5.32 Å². The molecule has 0 aromatic carbocycles. The summed E-state index contributed by atoms with van der Waals surface area (Å²) in [5.41, 5.74) is 0.404. The van der Waals surface area contributed by atoms with E-state index >= 15 is 0 Å². The van der Waals surface area contributed by atoms with Gasteiger partial charge in [0, 0.05) is 11.6 Å². The molecule has 0 aliphatic heterocycles. The second kappa shape index (κ2) is 8.76. The van der Waals surface area contributed by atoms with Crippen molar-refractivity contribution < 1.29 is 0 Å². The average molecular weight is 266 g/mol. The minimum absolute atomic E-state index is 0.404. The highest BCUT2D eigenvalue weighted by molar-refractivity contribution is 5.03. The molecular formula is C17H34N2. The van der Waals surface area contributed by atoms with Crippen molar-refractivity contribution in [2.75, 3.05) is 19.6 Å². The quantitative estimate of drug-likeness (QED) is 0.602. The third-order valence-electron chi connectivity index (χ3n) is 4.81. The molecule has 2 heteroatoms. The maximum absolute atomic E-state index is 3.91. The third kappa shape index (κ3) is 4.06. The Morgan fingerprint density at radius 1 is 1.21 bits per heavy atom. The number of hydrogen-bond acceptors (Lipinski definition) is 2. The van der Waals surface area contributed by atoms with E-state index in [0.29, 0.717) is 11.6 Å². The molecule has 1 aliphatic rings. The third-order valence-corrected chi connectivity index (χ3v) is 4.81. The summed E-state index contributed by atoms with van der Waals surface area (Å²) in [5.74, 6) is 0. The standard InChI is InChI=1S/C17H34N2/c1-5-9-12-16(18-15-6-2)17(13-10-11-14-17)19(7-3)8-4/h5,16,18H,1,6-15H2,2-4H3. The minimum atomic E-state index is 0.404. The summed E-state index contributed by atoms with van der Waals surface area (Å²) >= 11 is 0. The summed E-state index contributed by atoms with van der Waals surface area (Å²) in [6, 6.07) is 0.632. The lowest BCUT2D eigenvalue weighted by molar-refractivity contribution is 0.0600. The van der Waals surface area contributed by atoms with Gasteiger partial charge in [0.15, 0.2) is 0 Å². The minimum Gasteiger partial charge on any atom is -0.312 e. The predicted octanol–water partition coefficient (Wildman–Crippen LogP) is 3.98. The fourth-order valence-electron chi connectivity index (χ4n) is 3.89. The molecule has 2 nitrogen and oxygen atoms in total. The van der Waals surface area contributed by atoms with Crippen LogP contribution < -0.4 is 5.32 Å². The topological polar surface area (TPSA) is 15.3 Å². The Bertz CT molecular complexity index is 240. The largest absolute Gasteiger partial charge is 0.312 e. The lowest BCUT2D eigenvalue weighted by atomic mass is 9.83. The summed E-state index contributed by atoms with van der Waals surface area (Å²) < 4.78 is 0. The van der Waals surface area contributed by atoms with Crippen molar-refractivity contribution in [2.24, 2.45) is 0 Å². The molecule has 1 unspecified atom stereocenters. The monoisotopic (exact) mass is 266 g/mol. The molecule has 0 bridgehead atoms. The van der Waals surface area contributed by atoms with E-state index < -0.39 is 0 Å². The Balaban J connectivity index is 2.85. The van der Waals surface area contributed by atoms with Crippen LogP contribution >= 0.6 is 0 Å². The van der Waals surface area contributed by atoms with Crippen LogP contribution in [-0.2, 0) is 0 Å². The molecule has 0 radical (unpaired) electrons. The fourth-order valence-corrected chi connectivity index (χ4v) is 3.89. The Hall–Kier alpha value is -0.340. The van der Waals surface area contributed by atoms with E-state index in [9.17, 15) is 0 Å². The van der Waals surface area contributed by atoms with Crippen molar-refractivity contribution in [3.05, 3.63) is 12.7 Å². The second-order valence-electron chi connectivity index (χ2n) is 5.86. The van der Waals surface area contributed by atoms with Crippen LogP contribution in [0.25, 0.3) is 0 Å². The molecule has 0 aromatic rings. The zero-order valence-electron chi connectivity index (χ0n) is 13.4. The lowest BCUT2D eigenvalue weighted by Gasteiger charge is -2.47. The summed E-state index contributed by atoms with van der Waals surface area (Å²) in [4.78, 5) is 2.72. The van der Waals surface area contributed by atoms with Gasteiger partial charge in [-0.1, -0.05) is 39.7 Å². The number of rotatable bonds is 10. The van der Waals surface area contributed by atoms with Gasteiger partial charge in [-0.25, -0.2) is 0 Å². The molecule has 0 amide bonds. The van der Waals surface area contributed by atoms with Crippen LogP contribution in [0.3, 0.4) is 0 Å². The summed E-state index contributed by atoms with van der Waals surface area (Å²) in [6.45, 7) is 14.3. The molecule has 0 saturated heterocycles. The van der Waals surface area contributed by atoms with Crippen molar-refractivity contribution in [1.29, 1.82) is 0 Å². The molecule has 0 spiro atoms. The van der Waals surface area contributed by atoms with Gasteiger partial charge in [0.25, 0.3) is 0 Å². The Morgan fingerprint density at radius 3 is 2.32 bits per heavy atom. The van der Waals surface area contributed by atoms with Crippen LogP contribution in [0, 0.1) is 0 Å². The first-order valence-corrected chi connectivity index (χ1v) is 8.34. The van der Waals surface area contributed by atoms with Crippen molar-refractivity contribution in [2.45, 2.75) is 77.3 Å². The Morgan fingerprint density at radius 2 is 1.84 bits per heavy atom. The number of hydrogen-bond donors (Lipinski definition) is 1. The molecule has 1 fully saturated rings. The highest BCUT2D eigenvalue weighted by Crippen LogP contribution is 2.39. The van der Waals surface area contributed by atoms with Gasteiger partial charge in [0.05, 0.1) is 0 Å². The average Bonchev–Trinajstić information content (AvgIpc) is 2.91. The van der Waals surface area contributed by atoms with Gasteiger partial charge in [-0.2, -0.15) is 0 Å². The molecule has 112 valence electrons. The van der Waals surface area contributed by atoms with Crippen LogP contribution in [-0.4, -0.2) is 36.1 Å². The molecule has 1 saturated carbocycles. The molecule has 1 N–H and O–H groups in total. The summed E-state index contributed by atoms with van der Waals surface area (Å²) in [6.07, 6.45) is 11.2. The van der Waals surface area contributed by atoms with E-state index in [-0.39, 0.29) is 0 Å². The lowest BCUT2D eigenvalue weighted by Crippen LogP contribution is -2.60. The van der Waals surface area contributed by atoms with Crippen molar-refractivity contribution in [3.8, 4) is 0 Å². The number of nitrogens with one attached hydrogen (secondary N) is 1. The fraction of sp³-hybridized carbons (Fsp3) is 0.882. The predicted molar refractivity (Wildman–Crippen MR) is 85.6 cm³/mol. The SMILES string of the molecule is C=CCCC(NCCC)C1(N(CC)CC)CCCC1.